The van der Waals surface area contributed by atoms with E-state index in [1.807, 2.05) is 6.92 Å². The number of nitrogens with zero attached hydrogens (tertiary/aromatic N) is 3. The van der Waals surface area contributed by atoms with Crippen molar-refractivity contribution in [1.29, 1.82) is 0 Å². The lowest BCUT2D eigenvalue weighted by molar-refractivity contribution is -0.117. The molecule has 0 aliphatic heterocycles. The molecule has 0 aromatic carbocycles. The van der Waals surface area contributed by atoms with Gasteiger partial charge in [-0.1, -0.05) is 18.6 Å². The second-order valence-corrected chi connectivity index (χ2v) is 6.97. The molecule has 1 unspecified atom stereocenters. The summed E-state index contributed by atoms with van der Waals surface area (Å²) in [5.41, 5.74) is 11.5. The topological polar surface area (TPSA) is 134 Å². The number of nitrogens with two attached hydrogens (primary N) is 2. The fourth-order valence-electron chi connectivity index (χ4n) is 1.64. The lowest BCUT2D eigenvalue weighted by atomic mass is 10.1. The molecule has 0 spiro atoms. The van der Waals surface area contributed by atoms with Gasteiger partial charge in [0.05, 0.1) is 36.0 Å². The fraction of sp³-hybridized carbons (Fsp3) is 0.727. The maximum absolute atomic E-state index is 11.7. The van der Waals surface area contributed by atoms with Gasteiger partial charge in [0.1, 0.15) is 0 Å². The first-order valence-corrected chi connectivity index (χ1v) is 8.30. The van der Waals surface area contributed by atoms with Crippen molar-refractivity contribution in [3.63, 3.8) is 0 Å². The van der Waals surface area contributed by atoms with Gasteiger partial charge in [-0.3, -0.25) is 9.48 Å². The van der Waals surface area contributed by atoms with Crippen LogP contribution in [0.3, 0.4) is 0 Å². The molecule has 0 aliphatic carbocycles. The molecule has 1 rings (SSSR count). The zero-order valence-corrected chi connectivity index (χ0v) is 12.3. The molecule has 1 heterocycles. The summed E-state index contributed by atoms with van der Waals surface area (Å²) in [7, 11) is -3.32. The predicted molar refractivity (Wildman–Crippen MR) is 74.3 cm³/mol. The van der Waals surface area contributed by atoms with Crippen LogP contribution in [0.1, 0.15) is 37.9 Å². The summed E-state index contributed by atoms with van der Waals surface area (Å²) >= 11 is 0. The summed E-state index contributed by atoms with van der Waals surface area (Å²) < 4.78 is 24.8. The molecule has 1 amide bonds. The van der Waals surface area contributed by atoms with E-state index in [0.717, 1.165) is 12.8 Å². The summed E-state index contributed by atoms with van der Waals surface area (Å²) in [6.45, 7) is 2.21. The van der Waals surface area contributed by atoms with Crippen LogP contribution in [0, 0.1) is 0 Å². The molecule has 114 valence electrons. The van der Waals surface area contributed by atoms with Gasteiger partial charge in [0, 0.05) is 6.42 Å². The van der Waals surface area contributed by atoms with Crippen molar-refractivity contribution in [2.24, 2.45) is 11.5 Å². The van der Waals surface area contributed by atoms with Crippen LogP contribution < -0.4 is 11.5 Å². The summed E-state index contributed by atoms with van der Waals surface area (Å²) in [5.74, 6) is -0.965. The smallest absolute Gasteiger partial charge is 0.218 e. The van der Waals surface area contributed by atoms with Gasteiger partial charge in [0.25, 0.3) is 0 Å². The number of aromatic nitrogens is 3. The Hall–Kier alpha value is -1.48. The highest BCUT2D eigenvalue weighted by Gasteiger charge is 2.14. The molecule has 0 saturated heterocycles. The van der Waals surface area contributed by atoms with Gasteiger partial charge in [-0.25, -0.2) is 8.42 Å². The first-order valence-electron chi connectivity index (χ1n) is 6.48. The van der Waals surface area contributed by atoms with E-state index < -0.39 is 15.7 Å². The van der Waals surface area contributed by atoms with Crippen molar-refractivity contribution < 1.29 is 13.2 Å². The summed E-state index contributed by atoms with van der Waals surface area (Å²) in [4.78, 5) is 10.6. The van der Waals surface area contributed by atoms with E-state index in [4.69, 9.17) is 11.5 Å². The van der Waals surface area contributed by atoms with E-state index in [1.165, 1.54) is 4.68 Å². The molecule has 1 aromatic rings. The molecule has 9 heteroatoms. The Morgan fingerprint density at radius 3 is 2.75 bits per heavy atom. The zero-order chi connectivity index (χ0) is 15.2. The second kappa shape index (κ2) is 7.34. The number of aryl methyl sites for hydroxylation is 1. The number of hydrogen-bond acceptors (Lipinski definition) is 6. The molecule has 0 fully saturated rings. The normalized spacial score (nSPS) is 13.3. The quantitative estimate of drug-likeness (QED) is 0.623. The minimum atomic E-state index is -3.32. The van der Waals surface area contributed by atoms with Gasteiger partial charge >= 0.3 is 0 Å². The van der Waals surface area contributed by atoms with Crippen LogP contribution in [-0.2, 0) is 21.2 Å². The third kappa shape index (κ3) is 5.66. The zero-order valence-electron chi connectivity index (χ0n) is 11.5. The standard InChI is InChI=1S/C11H21N5O3S/c1-2-3-9(12)10-8-16(15-14-10)5-7-20(18,19)6-4-11(13)17/h8-9H,2-7,12H2,1H3,(H2,13,17). The molecule has 0 radical (unpaired) electrons. The van der Waals surface area contributed by atoms with Crippen molar-refractivity contribution in [1.82, 2.24) is 15.0 Å². The van der Waals surface area contributed by atoms with E-state index in [9.17, 15) is 13.2 Å². The SMILES string of the molecule is CCCC(N)c1cn(CCS(=O)(=O)CCC(N)=O)nn1. The van der Waals surface area contributed by atoms with Crippen LogP contribution >= 0.6 is 0 Å². The molecule has 1 atom stereocenters. The summed E-state index contributed by atoms with van der Waals surface area (Å²) in [5, 5.41) is 7.78. The highest BCUT2D eigenvalue weighted by molar-refractivity contribution is 7.91. The van der Waals surface area contributed by atoms with Crippen LogP contribution in [0.2, 0.25) is 0 Å². The van der Waals surface area contributed by atoms with Gasteiger partial charge in [0.2, 0.25) is 5.91 Å². The van der Waals surface area contributed by atoms with Crippen molar-refractivity contribution >= 4 is 15.7 Å². The van der Waals surface area contributed by atoms with Crippen LogP contribution in [0.15, 0.2) is 6.20 Å². The minimum absolute atomic E-state index is 0.105. The predicted octanol–water partition coefficient (Wildman–Crippen LogP) is -0.632. The van der Waals surface area contributed by atoms with Gasteiger partial charge in [-0.2, -0.15) is 0 Å². The third-order valence-electron chi connectivity index (χ3n) is 2.83. The van der Waals surface area contributed by atoms with Crippen molar-refractivity contribution in [2.75, 3.05) is 11.5 Å². The van der Waals surface area contributed by atoms with E-state index in [0.29, 0.717) is 5.69 Å². The highest BCUT2D eigenvalue weighted by atomic mass is 32.2. The summed E-state index contributed by atoms with van der Waals surface area (Å²) in [6, 6.07) is -0.180. The number of primary amides is 1. The number of carbonyl (C=O) groups excluding carboxylic acids is 1. The first-order chi connectivity index (χ1) is 9.34. The Balaban J connectivity index is 2.51. The Kier molecular flexibility index (Phi) is 6.08. The van der Waals surface area contributed by atoms with Gasteiger partial charge in [0.15, 0.2) is 9.84 Å². The minimum Gasteiger partial charge on any atom is -0.370 e. The van der Waals surface area contributed by atoms with Gasteiger partial charge in [-0.05, 0) is 6.42 Å². The first kappa shape index (κ1) is 16.6. The number of carbonyl (C=O) groups is 1. The Bertz CT molecular complexity index is 540. The van der Waals surface area contributed by atoms with E-state index >= 15 is 0 Å². The maximum Gasteiger partial charge on any atom is 0.218 e. The molecular weight excluding hydrogens is 282 g/mol. The number of rotatable bonds is 9. The fourth-order valence-corrected chi connectivity index (χ4v) is 2.82. The molecule has 8 nitrogen and oxygen atoms in total. The maximum atomic E-state index is 11.7. The highest BCUT2D eigenvalue weighted by Crippen LogP contribution is 2.11. The number of sulfone groups is 1. The Morgan fingerprint density at radius 2 is 2.15 bits per heavy atom. The molecule has 0 bridgehead atoms. The van der Waals surface area contributed by atoms with Crippen LogP contribution in [0.25, 0.3) is 0 Å². The van der Waals surface area contributed by atoms with Gasteiger partial charge < -0.3 is 11.5 Å². The van der Waals surface area contributed by atoms with Crippen LogP contribution in [0.5, 0.6) is 0 Å². The van der Waals surface area contributed by atoms with Crippen molar-refractivity contribution in [3.8, 4) is 0 Å². The van der Waals surface area contributed by atoms with Gasteiger partial charge in [-0.15, -0.1) is 5.10 Å². The van der Waals surface area contributed by atoms with E-state index in [1.54, 1.807) is 6.20 Å². The molecule has 1 aromatic heterocycles. The third-order valence-corrected chi connectivity index (χ3v) is 4.46. The van der Waals surface area contributed by atoms with Crippen molar-refractivity contribution in [3.05, 3.63) is 11.9 Å². The molecule has 4 N–H and O–H groups in total. The largest absolute Gasteiger partial charge is 0.370 e. The lowest BCUT2D eigenvalue weighted by Crippen LogP contribution is -2.21. The molecule has 0 aliphatic rings. The Labute approximate surface area is 118 Å². The average Bonchev–Trinajstić information content (AvgIpc) is 2.84. The van der Waals surface area contributed by atoms with Crippen LogP contribution in [-0.4, -0.2) is 40.8 Å². The number of amides is 1. The van der Waals surface area contributed by atoms with Crippen molar-refractivity contribution in [2.45, 2.75) is 38.8 Å². The second-order valence-electron chi connectivity index (χ2n) is 4.67. The summed E-state index contributed by atoms with van der Waals surface area (Å²) in [6.07, 6.45) is 3.24. The Morgan fingerprint density at radius 1 is 1.45 bits per heavy atom. The monoisotopic (exact) mass is 303 g/mol. The number of hydrogen-bond donors (Lipinski definition) is 2. The molecule has 20 heavy (non-hydrogen) atoms. The van der Waals surface area contributed by atoms with E-state index in [2.05, 4.69) is 10.3 Å². The van der Waals surface area contributed by atoms with Crippen LogP contribution in [0.4, 0.5) is 0 Å². The lowest BCUT2D eigenvalue weighted by Gasteiger charge is -2.05. The van der Waals surface area contributed by atoms with E-state index in [-0.39, 0.29) is 30.5 Å². The molecule has 0 saturated carbocycles. The average molecular weight is 303 g/mol. The molecular formula is C11H21N5O3S.